The Hall–Kier alpha value is -2.85. The molecule has 0 atom stereocenters. The maximum Gasteiger partial charge on any atom is 0.345 e. The van der Waals surface area contributed by atoms with E-state index in [0.29, 0.717) is 28.8 Å². The summed E-state index contributed by atoms with van der Waals surface area (Å²) in [6, 6.07) is 19.9. The molecule has 0 saturated heterocycles. The first-order valence-electron chi connectivity index (χ1n) is 7.31. The van der Waals surface area contributed by atoms with Crippen molar-refractivity contribution in [3.8, 4) is 11.5 Å². The Morgan fingerprint density at radius 3 is 2.29 bits per heavy atom. The Kier molecular flexibility index (Phi) is 5.08. The molecule has 0 amide bonds. The summed E-state index contributed by atoms with van der Waals surface area (Å²) < 4.78 is 11.0. The van der Waals surface area contributed by atoms with Crippen LogP contribution in [0.25, 0.3) is 0 Å². The topological polar surface area (TPSA) is 48.4 Å². The van der Waals surface area contributed by atoms with E-state index in [4.69, 9.17) is 21.1 Å². The van der Waals surface area contributed by atoms with E-state index in [1.807, 2.05) is 30.3 Å². The van der Waals surface area contributed by atoms with Gasteiger partial charge < -0.3 is 9.47 Å². The van der Waals surface area contributed by atoms with Crippen molar-refractivity contribution >= 4 is 17.6 Å². The largest absolute Gasteiger partial charge is 0.489 e. The number of esters is 1. The molecule has 0 bridgehead atoms. The van der Waals surface area contributed by atoms with Crippen molar-refractivity contribution in [2.45, 2.75) is 6.61 Å². The maximum absolute atomic E-state index is 12.0. The van der Waals surface area contributed by atoms with Gasteiger partial charge in [-0.15, -0.1) is 0 Å². The molecule has 0 N–H and O–H groups in total. The van der Waals surface area contributed by atoms with Crippen LogP contribution in [0, 0.1) is 0 Å². The van der Waals surface area contributed by atoms with Gasteiger partial charge in [0.25, 0.3) is 0 Å². The number of ether oxygens (including phenoxy) is 2. The fourth-order valence-electron chi connectivity index (χ4n) is 2.01. The lowest BCUT2D eigenvalue weighted by molar-refractivity contribution is 0.0734. The normalized spacial score (nSPS) is 10.2. The lowest BCUT2D eigenvalue weighted by Gasteiger charge is -2.08. The van der Waals surface area contributed by atoms with Crippen molar-refractivity contribution in [2.75, 3.05) is 0 Å². The minimum absolute atomic E-state index is 0.325. The van der Waals surface area contributed by atoms with E-state index < -0.39 is 5.97 Å². The number of nitrogens with zero attached hydrogens (tertiary/aromatic N) is 1. The van der Waals surface area contributed by atoms with E-state index in [1.54, 1.807) is 36.4 Å². The lowest BCUT2D eigenvalue weighted by Crippen LogP contribution is -2.08. The molecule has 0 aliphatic rings. The van der Waals surface area contributed by atoms with E-state index in [9.17, 15) is 4.79 Å². The van der Waals surface area contributed by atoms with Gasteiger partial charge in [0, 0.05) is 6.20 Å². The van der Waals surface area contributed by atoms with Crippen molar-refractivity contribution < 1.29 is 14.3 Å². The second-order valence-corrected chi connectivity index (χ2v) is 5.39. The zero-order valence-corrected chi connectivity index (χ0v) is 13.4. The second kappa shape index (κ2) is 7.62. The van der Waals surface area contributed by atoms with E-state index in [1.165, 1.54) is 6.20 Å². The number of carbonyl (C=O) groups is 1. The van der Waals surface area contributed by atoms with Gasteiger partial charge in [-0.3, -0.25) is 0 Å². The van der Waals surface area contributed by atoms with Crippen molar-refractivity contribution in [1.82, 2.24) is 4.98 Å². The summed E-state index contributed by atoms with van der Waals surface area (Å²) in [5.74, 6) is 0.644. The van der Waals surface area contributed by atoms with Crippen LogP contribution in [-0.2, 0) is 6.61 Å². The number of benzene rings is 2. The molecule has 0 aliphatic carbocycles. The molecule has 120 valence electrons. The number of pyridine rings is 1. The monoisotopic (exact) mass is 339 g/mol. The van der Waals surface area contributed by atoms with Crippen LogP contribution in [0.3, 0.4) is 0 Å². The summed E-state index contributed by atoms with van der Waals surface area (Å²) in [5.41, 5.74) is 1.42. The molecule has 0 spiro atoms. The van der Waals surface area contributed by atoms with E-state index in [2.05, 4.69) is 4.98 Å². The summed E-state index contributed by atoms with van der Waals surface area (Å²) in [6.45, 7) is 0.483. The highest BCUT2D eigenvalue weighted by Crippen LogP contribution is 2.20. The van der Waals surface area contributed by atoms with Gasteiger partial charge in [0.2, 0.25) is 0 Å². The summed E-state index contributed by atoms with van der Waals surface area (Å²) >= 11 is 5.69. The molecule has 1 heterocycles. The molecule has 0 radical (unpaired) electrons. The second-order valence-electron chi connectivity index (χ2n) is 5.00. The van der Waals surface area contributed by atoms with Gasteiger partial charge in [0.1, 0.15) is 23.3 Å². The van der Waals surface area contributed by atoms with E-state index in [-0.39, 0.29) is 0 Å². The van der Waals surface area contributed by atoms with Crippen molar-refractivity contribution in [3.05, 3.63) is 89.2 Å². The highest BCUT2D eigenvalue weighted by molar-refractivity contribution is 6.29. The van der Waals surface area contributed by atoms with Crippen molar-refractivity contribution in [1.29, 1.82) is 0 Å². The van der Waals surface area contributed by atoms with Gasteiger partial charge in [-0.25, -0.2) is 9.78 Å². The highest BCUT2D eigenvalue weighted by atomic mass is 35.5. The number of halogens is 1. The molecule has 3 rings (SSSR count). The Labute approximate surface area is 144 Å². The summed E-state index contributed by atoms with van der Waals surface area (Å²) in [4.78, 5) is 15.8. The fourth-order valence-corrected chi connectivity index (χ4v) is 2.12. The minimum atomic E-state index is -0.489. The number of aromatic nitrogens is 1. The van der Waals surface area contributed by atoms with Crippen LogP contribution >= 0.6 is 11.6 Å². The van der Waals surface area contributed by atoms with Crippen LogP contribution in [0.5, 0.6) is 11.5 Å². The zero-order valence-electron chi connectivity index (χ0n) is 12.7. The quantitative estimate of drug-likeness (QED) is 0.389. The third kappa shape index (κ3) is 4.33. The standard InChI is InChI=1S/C19H14ClNO3/c20-18-11-6-15(12-21-18)19(22)24-17-9-7-16(8-10-17)23-13-14-4-2-1-3-5-14/h1-12H,13H2. The van der Waals surface area contributed by atoms with Crippen LogP contribution < -0.4 is 9.47 Å². The van der Waals surface area contributed by atoms with Crippen molar-refractivity contribution in [2.24, 2.45) is 0 Å². The van der Waals surface area contributed by atoms with Gasteiger partial charge in [0.05, 0.1) is 5.56 Å². The molecule has 1 aromatic heterocycles. The lowest BCUT2D eigenvalue weighted by atomic mass is 10.2. The molecule has 5 heteroatoms. The minimum Gasteiger partial charge on any atom is -0.489 e. The SMILES string of the molecule is O=C(Oc1ccc(OCc2ccccc2)cc1)c1ccc(Cl)nc1. The first kappa shape index (κ1) is 16.0. The van der Waals surface area contributed by atoms with Gasteiger partial charge in [0.15, 0.2) is 0 Å². The Morgan fingerprint density at radius 2 is 1.62 bits per heavy atom. The molecular formula is C19H14ClNO3. The van der Waals surface area contributed by atoms with Crippen LogP contribution in [0.1, 0.15) is 15.9 Å². The Bertz CT molecular complexity index is 802. The predicted molar refractivity (Wildman–Crippen MR) is 91.4 cm³/mol. The average molecular weight is 340 g/mol. The molecule has 0 fully saturated rings. The average Bonchev–Trinajstić information content (AvgIpc) is 2.62. The van der Waals surface area contributed by atoms with Gasteiger partial charge in [-0.1, -0.05) is 41.9 Å². The molecule has 0 saturated carbocycles. The third-order valence-electron chi connectivity index (χ3n) is 3.25. The predicted octanol–water partition coefficient (Wildman–Crippen LogP) is 4.53. The summed E-state index contributed by atoms with van der Waals surface area (Å²) in [6.07, 6.45) is 1.38. The fraction of sp³-hybridized carbons (Fsp3) is 0.0526. The van der Waals surface area contributed by atoms with Gasteiger partial charge in [-0.05, 0) is 42.0 Å². The highest BCUT2D eigenvalue weighted by Gasteiger charge is 2.09. The van der Waals surface area contributed by atoms with Crippen LogP contribution in [0.4, 0.5) is 0 Å². The van der Waals surface area contributed by atoms with Gasteiger partial charge >= 0.3 is 5.97 Å². The number of hydrogen-bond donors (Lipinski definition) is 0. The molecule has 24 heavy (non-hydrogen) atoms. The molecule has 2 aromatic carbocycles. The molecule has 3 aromatic rings. The van der Waals surface area contributed by atoms with E-state index in [0.717, 1.165) is 5.56 Å². The first-order valence-corrected chi connectivity index (χ1v) is 7.69. The molecule has 4 nitrogen and oxygen atoms in total. The smallest absolute Gasteiger partial charge is 0.345 e. The van der Waals surface area contributed by atoms with Crippen LogP contribution in [0.15, 0.2) is 72.9 Å². The first-order chi connectivity index (χ1) is 11.7. The van der Waals surface area contributed by atoms with E-state index >= 15 is 0 Å². The summed E-state index contributed by atoms with van der Waals surface area (Å²) in [5, 5.41) is 0.325. The number of carbonyl (C=O) groups excluding carboxylic acids is 1. The Morgan fingerprint density at radius 1 is 0.917 bits per heavy atom. The molecular weight excluding hydrogens is 326 g/mol. The zero-order chi connectivity index (χ0) is 16.8. The maximum atomic E-state index is 12.0. The van der Waals surface area contributed by atoms with Crippen LogP contribution in [0.2, 0.25) is 5.15 Å². The van der Waals surface area contributed by atoms with Crippen molar-refractivity contribution in [3.63, 3.8) is 0 Å². The Balaban J connectivity index is 1.58. The number of rotatable bonds is 5. The number of hydrogen-bond acceptors (Lipinski definition) is 4. The van der Waals surface area contributed by atoms with Crippen LogP contribution in [-0.4, -0.2) is 11.0 Å². The third-order valence-corrected chi connectivity index (χ3v) is 3.47. The van der Waals surface area contributed by atoms with Gasteiger partial charge in [-0.2, -0.15) is 0 Å². The molecule has 0 aliphatic heterocycles. The summed E-state index contributed by atoms with van der Waals surface area (Å²) in [7, 11) is 0. The molecule has 0 unspecified atom stereocenters.